The van der Waals surface area contributed by atoms with E-state index in [-0.39, 0.29) is 30.5 Å². The number of carbonyl (C=O) groups excluding carboxylic acids is 2. The van der Waals surface area contributed by atoms with Crippen LogP contribution < -0.4 is 14.8 Å². The van der Waals surface area contributed by atoms with Crippen molar-refractivity contribution in [2.75, 3.05) is 18.5 Å². The second-order valence-corrected chi connectivity index (χ2v) is 9.71. The van der Waals surface area contributed by atoms with E-state index in [0.717, 1.165) is 24.3 Å². The standard InChI is InChI=1S/C25H24ClFN2O6S/c1-2-34-24(30)15-17-3-9-20(10-4-17)28-25(31)23(16-35-21-11-5-18(26)6-12-21)29-36(32,33)22-13-7-19(27)8-14-22/h3-14,23,29H,2,15-16H2,1H3,(H,28,31)/t23-/m0/s1. The zero-order chi connectivity index (χ0) is 26.1. The number of esters is 1. The molecule has 0 radical (unpaired) electrons. The molecule has 0 unspecified atom stereocenters. The molecule has 0 saturated heterocycles. The van der Waals surface area contributed by atoms with Crippen molar-refractivity contribution in [2.24, 2.45) is 0 Å². The van der Waals surface area contributed by atoms with Crippen molar-refractivity contribution in [3.63, 3.8) is 0 Å². The summed E-state index contributed by atoms with van der Waals surface area (Å²) in [6.45, 7) is 1.66. The fourth-order valence-electron chi connectivity index (χ4n) is 3.06. The van der Waals surface area contributed by atoms with Gasteiger partial charge in [0.1, 0.15) is 24.2 Å². The third kappa shape index (κ3) is 8.04. The number of benzene rings is 3. The fourth-order valence-corrected chi connectivity index (χ4v) is 4.36. The summed E-state index contributed by atoms with van der Waals surface area (Å²) in [5.41, 5.74) is 1.07. The highest BCUT2D eigenvalue weighted by Gasteiger charge is 2.27. The number of hydrogen-bond donors (Lipinski definition) is 2. The highest BCUT2D eigenvalue weighted by atomic mass is 35.5. The number of nitrogens with one attached hydrogen (secondary N) is 2. The number of carbonyl (C=O) groups is 2. The lowest BCUT2D eigenvalue weighted by Crippen LogP contribution is -2.47. The Kier molecular flexibility index (Phi) is 9.40. The van der Waals surface area contributed by atoms with Gasteiger partial charge >= 0.3 is 5.97 Å². The summed E-state index contributed by atoms with van der Waals surface area (Å²) in [7, 11) is -4.18. The molecule has 1 atom stereocenters. The Bertz CT molecular complexity index is 1280. The molecular formula is C25H24ClFN2O6S. The Labute approximate surface area is 213 Å². The molecule has 3 aromatic rings. The largest absolute Gasteiger partial charge is 0.491 e. The van der Waals surface area contributed by atoms with Gasteiger partial charge in [-0.3, -0.25) is 9.59 Å². The van der Waals surface area contributed by atoms with Gasteiger partial charge in [0.2, 0.25) is 15.9 Å². The average molecular weight is 535 g/mol. The van der Waals surface area contributed by atoms with Gasteiger partial charge in [-0.25, -0.2) is 12.8 Å². The van der Waals surface area contributed by atoms with E-state index in [4.69, 9.17) is 21.1 Å². The van der Waals surface area contributed by atoms with Crippen LogP contribution in [0.5, 0.6) is 5.75 Å². The van der Waals surface area contributed by atoms with Crippen molar-refractivity contribution in [1.29, 1.82) is 0 Å². The van der Waals surface area contributed by atoms with Crippen LogP contribution in [0.2, 0.25) is 5.02 Å². The summed E-state index contributed by atoms with van der Waals surface area (Å²) in [6.07, 6.45) is 0.0804. The minimum Gasteiger partial charge on any atom is -0.491 e. The third-order valence-electron chi connectivity index (χ3n) is 4.84. The molecule has 36 heavy (non-hydrogen) atoms. The van der Waals surface area contributed by atoms with Crippen LogP contribution in [0, 0.1) is 5.82 Å². The van der Waals surface area contributed by atoms with Crippen molar-refractivity contribution in [1.82, 2.24) is 4.72 Å². The summed E-state index contributed by atoms with van der Waals surface area (Å²) in [5, 5.41) is 3.12. The molecule has 0 bridgehead atoms. The number of ether oxygens (including phenoxy) is 2. The first-order chi connectivity index (χ1) is 17.2. The highest BCUT2D eigenvalue weighted by Crippen LogP contribution is 2.17. The van der Waals surface area contributed by atoms with E-state index in [2.05, 4.69) is 10.0 Å². The van der Waals surface area contributed by atoms with Gasteiger partial charge in [0.05, 0.1) is 17.9 Å². The van der Waals surface area contributed by atoms with Gasteiger partial charge in [0.25, 0.3) is 0 Å². The Morgan fingerprint density at radius 2 is 1.61 bits per heavy atom. The molecule has 11 heteroatoms. The van der Waals surface area contributed by atoms with E-state index >= 15 is 0 Å². The van der Waals surface area contributed by atoms with Crippen molar-refractivity contribution in [3.8, 4) is 5.75 Å². The Balaban J connectivity index is 1.74. The minimum absolute atomic E-state index is 0.0804. The zero-order valence-corrected chi connectivity index (χ0v) is 20.8. The van der Waals surface area contributed by atoms with Gasteiger partial charge in [-0.05, 0) is 73.2 Å². The molecule has 1 amide bonds. The molecule has 0 saturated carbocycles. The minimum atomic E-state index is -4.18. The van der Waals surface area contributed by atoms with Gasteiger partial charge in [-0.15, -0.1) is 0 Å². The number of amides is 1. The van der Waals surface area contributed by atoms with Gasteiger partial charge in [0.15, 0.2) is 0 Å². The average Bonchev–Trinajstić information content (AvgIpc) is 2.84. The summed E-state index contributed by atoms with van der Waals surface area (Å²) in [5.74, 6) is -1.28. The lowest BCUT2D eigenvalue weighted by molar-refractivity contribution is -0.142. The molecule has 2 N–H and O–H groups in total. The van der Waals surface area contributed by atoms with E-state index in [1.807, 2.05) is 0 Å². The van der Waals surface area contributed by atoms with E-state index in [1.54, 1.807) is 55.5 Å². The van der Waals surface area contributed by atoms with E-state index in [9.17, 15) is 22.4 Å². The maximum atomic E-state index is 13.2. The number of rotatable bonds is 11. The van der Waals surface area contributed by atoms with Crippen LogP contribution in [0.15, 0.2) is 77.7 Å². The van der Waals surface area contributed by atoms with Gasteiger partial charge in [-0.2, -0.15) is 4.72 Å². The maximum Gasteiger partial charge on any atom is 0.310 e. The predicted molar refractivity (Wildman–Crippen MR) is 133 cm³/mol. The monoisotopic (exact) mass is 534 g/mol. The second-order valence-electron chi connectivity index (χ2n) is 7.56. The smallest absolute Gasteiger partial charge is 0.310 e. The van der Waals surface area contributed by atoms with Gasteiger partial charge in [0, 0.05) is 10.7 Å². The highest BCUT2D eigenvalue weighted by molar-refractivity contribution is 7.89. The quantitative estimate of drug-likeness (QED) is 0.360. The number of hydrogen-bond acceptors (Lipinski definition) is 6. The SMILES string of the molecule is CCOC(=O)Cc1ccc(NC(=O)[C@H](COc2ccc(Cl)cc2)NS(=O)(=O)c2ccc(F)cc2)cc1. The maximum absolute atomic E-state index is 13.2. The van der Waals surface area contributed by atoms with Crippen molar-refractivity contribution < 1.29 is 31.9 Å². The molecule has 0 aliphatic heterocycles. The summed E-state index contributed by atoms with van der Waals surface area (Å²) in [4.78, 5) is 24.5. The second kappa shape index (κ2) is 12.5. The Hall–Kier alpha value is -3.47. The molecule has 3 rings (SSSR count). The molecule has 0 aliphatic rings. The molecule has 0 aliphatic carbocycles. The number of sulfonamides is 1. The lowest BCUT2D eigenvalue weighted by Gasteiger charge is -2.19. The normalized spacial score (nSPS) is 12.0. The van der Waals surface area contributed by atoms with Gasteiger partial charge in [-0.1, -0.05) is 23.7 Å². The van der Waals surface area contributed by atoms with Crippen LogP contribution >= 0.6 is 11.6 Å². The molecule has 0 fully saturated rings. The van der Waals surface area contributed by atoms with Crippen molar-refractivity contribution in [2.45, 2.75) is 24.3 Å². The molecule has 0 aromatic heterocycles. The van der Waals surface area contributed by atoms with E-state index < -0.39 is 27.8 Å². The van der Waals surface area contributed by atoms with E-state index in [0.29, 0.717) is 22.0 Å². The molecule has 0 spiro atoms. The number of anilines is 1. The molecule has 0 heterocycles. The summed E-state index contributed by atoms with van der Waals surface area (Å²) in [6, 6.07) is 15.6. The lowest BCUT2D eigenvalue weighted by atomic mass is 10.1. The number of halogens is 2. The van der Waals surface area contributed by atoms with E-state index in [1.165, 1.54) is 0 Å². The zero-order valence-electron chi connectivity index (χ0n) is 19.2. The van der Waals surface area contributed by atoms with Crippen LogP contribution in [0.3, 0.4) is 0 Å². The molecule has 8 nitrogen and oxygen atoms in total. The molecular weight excluding hydrogens is 511 g/mol. The Morgan fingerprint density at radius 3 is 2.22 bits per heavy atom. The fraction of sp³-hybridized carbons (Fsp3) is 0.200. The predicted octanol–water partition coefficient (Wildman–Crippen LogP) is 3.95. The third-order valence-corrected chi connectivity index (χ3v) is 6.58. The van der Waals surface area contributed by atoms with Crippen LogP contribution in [0.4, 0.5) is 10.1 Å². The Morgan fingerprint density at radius 1 is 0.972 bits per heavy atom. The first-order valence-corrected chi connectivity index (χ1v) is 12.7. The van der Waals surface area contributed by atoms with Gasteiger partial charge < -0.3 is 14.8 Å². The molecule has 190 valence electrons. The van der Waals surface area contributed by atoms with Crippen LogP contribution in [-0.4, -0.2) is 39.5 Å². The first kappa shape index (κ1) is 27.1. The van der Waals surface area contributed by atoms with Crippen LogP contribution in [-0.2, 0) is 30.8 Å². The van der Waals surface area contributed by atoms with Crippen molar-refractivity contribution >= 4 is 39.2 Å². The van der Waals surface area contributed by atoms with Crippen LogP contribution in [0.1, 0.15) is 12.5 Å². The van der Waals surface area contributed by atoms with Crippen LogP contribution in [0.25, 0.3) is 0 Å². The molecule has 3 aromatic carbocycles. The topological polar surface area (TPSA) is 111 Å². The summed E-state index contributed by atoms with van der Waals surface area (Å²) >= 11 is 5.87. The summed E-state index contributed by atoms with van der Waals surface area (Å²) < 4.78 is 51.8. The first-order valence-electron chi connectivity index (χ1n) is 10.9. The van der Waals surface area contributed by atoms with Crippen molar-refractivity contribution in [3.05, 3.63) is 89.2 Å².